The van der Waals surface area contributed by atoms with Crippen LogP contribution < -0.4 is 0 Å². The van der Waals surface area contributed by atoms with Gasteiger partial charge >= 0.3 is 5.97 Å². The smallest absolute Gasteiger partial charge is 0.308 e. The van der Waals surface area contributed by atoms with E-state index in [0.29, 0.717) is 5.92 Å². The van der Waals surface area contributed by atoms with Crippen LogP contribution in [0.2, 0.25) is 0 Å². The molecule has 82 valence electrons. The summed E-state index contributed by atoms with van der Waals surface area (Å²) in [5, 5.41) is 9.11. The Kier molecular flexibility index (Phi) is 3.93. The molecule has 0 bridgehead atoms. The summed E-state index contributed by atoms with van der Waals surface area (Å²) >= 11 is 0. The summed E-state index contributed by atoms with van der Waals surface area (Å²) in [6.07, 6.45) is 2.93. The Hall–Kier alpha value is -0.570. The molecule has 1 fully saturated rings. The highest BCUT2D eigenvalue weighted by molar-refractivity contribution is 5.71. The molecule has 3 nitrogen and oxygen atoms in total. The molecule has 0 aliphatic heterocycles. The fourth-order valence-electron chi connectivity index (χ4n) is 2.36. The SMILES string of the molecule is CCN(C)C1CC(C)CCC1C(=O)O. The van der Waals surface area contributed by atoms with E-state index >= 15 is 0 Å². The van der Waals surface area contributed by atoms with Crippen LogP contribution in [0.3, 0.4) is 0 Å². The first-order valence-electron chi connectivity index (χ1n) is 5.49. The molecule has 3 heteroatoms. The predicted molar refractivity (Wildman–Crippen MR) is 56.2 cm³/mol. The van der Waals surface area contributed by atoms with Gasteiger partial charge in [0.1, 0.15) is 0 Å². The van der Waals surface area contributed by atoms with E-state index in [9.17, 15) is 4.79 Å². The van der Waals surface area contributed by atoms with Gasteiger partial charge in [0.2, 0.25) is 0 Å². The molecular weight excluding hydrogens is 178 g/mol. The van der Waals surface area contributed by atoms with E-state index in [4.69, 9.17) is 5.11 Å². The number of nitrogens with zero attached hydrogens (tertiary/aromatic N) is 1. The Morgan fingerprint density at radius 3 is 2.64 bits per heavy atom. The summed E-state index contributed by atoms with van der Waals surface area (Å²) in [6.45, 7) is 5.23. The largest absolute Gasteiger partial charge is 0.481 e. The highest BCUT2D eigenvalue weighted by Gasteiger charge is 2.35. The summed E-state index contributed by atoms with van der Waals surface area (Å²) in [6, 6.07) is 0.237. The molecule has 0 saturated heterocycles. The number of aliphatic carboxylic acids is 1. The van der Waals surface area contributed by atoms with Gasteiger partial charge in [-0.2, -0.15) is 0 Å². The third-order valence-electron chi connectivity index (χ3n) is 3.46. The van der Waals surface area contributed by atoms with Crippen LogP contribution >= 0.6 is 0 Å². The van der Waals surface area contributed by atoms with E-state index in [1.165, 1.54) is 0 Å². The quantitative estimate of drug-likeness (QED) is 0.754. The van der Waals surface area contributed by atoms with E-state index in [2.05, 4.69) is 18.7 Å². The van der Waals surface area contributed by atoms with Crippen molar-refractivity contribution in [2.45, 2.75) is 39.2 Å². The standard InChI is InChI=1S/C11H21NO2/c1-4-12(3)10-7-8(2)5-6-9(10)11(13)14/h8-10H,4-7H2,1-3H3,(H,13,14). The fraction of sp³-hybridized carbons (Fsp3) is 0.909. The van der Waals surface area contributed by atoms with Gasteiger partial charge < -0.3 is 10.0 Å². The van der Waals surface area contributed by atoms with Crippen molar-refractivity contribution in [3.05, 3.63) is 0 Å². The van der Waals surface area contributed by atoms with Gasteiger partial charge in [0.05, 0.1) is 5.92 Å². The average molecular weight is 199 g/mol. The van der Waals surface area contributed by atoms with E-state index < -0.39 is 5.97 Å². The first-order chi connectivity index (χ1) is 6.56. The molecule has 0 amide bonds. The van der Waals surface area contributed by atoms with Gasteiger partial charge in [0.15, 0.2) is 0 Å². The first kappa shape index (κ1) is 11.5. The molecule has 0 aromatic rings. The Balaban J connectivity index is 2.68. The molecule has 0 aromatic heterocycles. The Labute approximate surface area is 86.1 Å². The van der Waals surface area contributed by atoms with E-state index in [0.717, 1.165) is 25.8 Å². The second-order valence-electron chi connectivity index (χ2n) is 4.50. The molecule has 1 N–H and O–H groups in total. The van der Waals surface area contributed by atoms with Gasteiger partial charge in [-0.3, -0.25) is 4.79 Å². The van der Waals surface area contributed by atoms with E-state index in [1.54, 1.807) is 0 Å². The molecule has 14 heavy (non-hydrogen) atoms. The Morgan fingerprint density at radius 1 is 1.50 bits per heavy atom. The minimum Gasteiger partial charge on any atom is -0.481 e. The monoisotopic (exact) mass is 199 g/mol. The Bertz CT molecular complexity index is 205. The first-order valence-corrected chi connectivity index (χ1v) is 5.49. The molecule has 0 spiro atoms. The minimum absolute atomic E-state index is 0.156. The van der Waals surface area contributed by atoms with Crippen molar-refractivity contribution < 1.29 is 9.90 Å². The summed E-state index contributed by atoms with van der Waals surface area (Å²) in [5.41, 5.74) is 0. The molecule has 1 saturated carbocycles. The average Bonchev–Trinajstić information content (AvgIpc) is 2.16. The van der Waals surface area contributed by atoms with Crippen molar-refractivity contribution in [2.24, 2.45) is 11.8 Å². The zero-order valence-electron chi connectivity index (χ0n) is 9.36. The molecule has 3 unspecified atom stereocenters. The number of hydrogen-bond donors (Lipinski definition) is 1. The maximum atomic E-state index is 11.1. The van der Waals surface area contributed by atoms with Crippen molar-refractivity contribution in [1.82, 2.24) is 4.90 Å². The van der Waals surface area contributed by atoms with Gasteiger partial charge in [-0.1, -0.05) is 13.8 Å². The van der Waals surface area contributed by atoms with Gasteiger partial charge in [-0.05, 0) is 38.8 Å². The summed E-state index contributed by atoms with van der Waals surface area (Å²) in [7, 11) is 2.03. The zero-order valence-corrected chi connectivity index (χ0v) is 9.36. The maximum Gasteiger partial charge on any atom is 0.308 e. The highest BCUT2D eigenvalue weighted by Crippen LogP contribution is 2.31. The van der Waals surface area contributed by atoms with E-state index in [-0.39, 0.29) is 12.0 Å². The molecule has 3 atom stereocenters. The Morgan fingerprint density at radius 2 is 2.14 bits per heavy atom. The number of hydrogen-bond acceptors (Lipinski definition) is 2. The summed E-state index contributed by atoms with van der Waals surface area (Å²) < 4.78 is 0. The van der Waals surface area contributed by atoms with Gasteiger partial charge in [-0.15, -0.1) is 0 Å². The van der Waals surface area contributed by atoms with Crippen LogP contribution in [0, 0.1) is 11.8 Å². The third kappa shape index (κ3) is 2.47. The second kappa shape index (κ2) is 4.78. The fourth-order valence-corrected chi connectivity index (χ4v) is 2.36. The summed E-state index contributed by atoms with van der Waals surface area (Å²) in [5.74, 6) is -0.108. The number of carboxylic acids is 1. The van der Waals surface area contributed by atoms with Crippen molar-refractivity contribution in [1.29, 1.82) is 0 Å². The second-order valence-corrected chi connectivity index (χ2v) is 4.50. The topological polar surface area (TPSA) is 40.5 Å². The number of carbonyl (C=O) groups is 1. The van der Waals surface area contributed by atoms with Crippen LogP contribution in [0.4, 0.5) is 0 Å². The lowest BCUT2D eigenvalue weighted by atomic mass is 9.78. The van der Waals surface area contributed by atoms with Crippen LogP contribution in [0.1, 0.15) is 33.1 Å². The van der Waals surface area contributed by atoms with Gasteiger partial charge in [-0.25, -0.2) is 0 Å². The highest BCUT2D eigenvalue weighted by atomic mass is 16.4. The lowest BCUT2D eigenvalue weighted by molar-refractivity contribution is -0.145. The van der Waals surface area contributed by atoms with Crippen molar-refractivity contribution in [2.75, 3.05) is 13.6 Å². The van der Waals surface area contributed by atoms with E-state index in [1.807, 2.05) is 7.05 Å². The summed E-state index contributed by atoms with van der Waals surface area (Å²) in [4.78, 5) is 13.2. The number of rotatable bonds is 3. The molecule has 0 heterocycles. The van der Waals surface area contributed by atoms with Crippen LogP contribution in [0.25, 0.3) is 0 Å². The molecule has 1 aliphatic carbocycles. The van der Waals surface area contributed by atoms with Crippen LogP contribution in [0.5, 0.6) is 0 Å². The van der Waals surface area contributed by atoms with Crippen LogP contribution in [0.15, 0.2) is 0 Å². The van der Waals surface area contributed by atoms with Crippen molar-refractivity contribution in [3.63, 3.8) is 0 Å². The predicted octanol–water partition coefficient (Wildman–Crippen LogP) is 1.83. The van der Waals surface area contributed by atoms with Gasteiger partial charge in [0, 0.05) is 6.04 Å². The van der Waals surface area contributed by atoms with Crippen LogP contribution in [-0.4, -0.2) is 35.6 Å². The lowest BCUT2D eigenvalue weighted by Gasteiger charge is -2.37. The third-order valence-corrected chi connectivity index (χ3v) is 3.46. The molecule has 1 rings (SSSR count). The van der Waals surface area contributed by atoms with Gasteiger partial charge in [0.25, 0.3) is 0 Å². The normalized spacial score (nSPS) is 33.3. The van der Waals surface area contributed by atoms with Crippen molar-refractivity contribution >= 4 is 5.97 Å². The van der Waals surface area contributed by atoms with Crippen molar-refractivity contribution in [3.8, 4) is 0 Å². The minimum atomic E-state index is -0.623. The maximum absolute atomic E-state index is 11.1. The number of carboxylic acid groups (broad SMARTS) is 1. The molecular formula is C11H21NO2. The molecule has 0 radical (unpaired) electrons. The molecule has 1 aliphatic rings. The van der Waals surface area contributed by atoms with Crippen LogP contribution in [-0.2, 0) is 4.79 Å². The lowest BCUT2D eigenvalue weighted by Crippen LogP contribution is -2.45. The molecule has 0 aromatic carbocycles. The zero-order chi connectivity index (χ0) is 10.7.